The first kappa shape index (κ1) is 16.7. The van der Waals surface area contributed by atoms with Crippen molar-refractivity contribution in [2.45, 2.75) is 58.8 Å². The summed E-state index contributed by atoms with van der Waals surface area (Å²) in [6.45, 7) is 4.17. The van der Waals surface area contributed by atoms with Crippen LogP contribution < -0.4 is 0 Å². The van der Waals surface area contributed by atoms with Crippen molar-refractivity contribution in [1.82, 2.24) is 0 Å². The summed E-state index contributed by atoms with van der Waals surface area (Å²) in [5, 5.41) is 19.1. The fourth-order valence-corrected chi connectivity index (χ4v) is 3.21. The maximum Gasteiger partial charge on any atom is 0.314 e. The molecule has 3 unspecified atom stereocenters. The highest BCUT2D eigenvalue weighted by Gasteiger charge is 2.49. The van der Waals surface area contributed by atoms with Crippen LogP contribution in [-0.4, -0.2) is 22.2 Å². The first-order valence-electron chi connectivity index (χ1n) is 7.61. The van der Waals surface area contributed by atoms with Crippen molar-refractivity contribution >= 4 is 11.9 Å². The molecule has 1 aliphatic rings. The van der Waals surface area contributed by atoms with Crippen molar-refractivity contribution in [3.63, 3.8) is 0 Å². The van der Waals surface area contributed by atoms with Crippen LogP contribution in [0.4, 0.5) is 0 Å². The average molecular weight is 282 g/mol. The minimum Gasteiger partial charge on any atom is -0.481 e. The number of aliphatic carboxylic acids is 2. The van der Waals surface area contributed by atoms with Gasteiger partial charge in [-0.15, -0.1) is 0 Å². The van der Waals surface area contributed by atoms with Crippen LogP contribution in [-0.2, 0) is 9.59 Å². The van der Waals surface area contributed by atoms with Gasteiger partial charge in [0.05, 0.1) is 11.3 Å². The number of carboxylic acid groups (broad SMARTS) is 2. The monoisotopic (exact) mass is 282 g/mol. The summed E-state index contributed by atoms with van der Waals surface area (Å²) < 4.78 is 0. The highest BCUT2D eigenvalue weighted by molar-refractivity contribution is 5.85. The summed E-state index contributed by atoms with van der Waals surface area (Å²) in [5.41, 5.74) is -1.22. The molecule has 1 rings (SSSR count). The summed E-state index contributed by atoms with van der Waals surface area (Å²) in [6, 6.07) is 0. The summed E-state index contributed by atoms with van der Waals surface area (Å²) in [4.78, 5) is 23.3. The van der Waals surface area contributed by atoms with Crippen molar-refractivity contribution in [2.75, 3.05) is 0 Å². The molecule has 0 saturated carbocycles. The Kier molecular flexibility index (Phi) is 6.24. The van der Waals surface area contributed by atoms with Gasteiger partial charge in [0.2, 0.25) is 0 Å². The molecule has 0 saturated heterocycles. The lowest BCUT2D eigenvalue weighted by Crippen LogP contribution is -2.44. The lowest BCUT2D eigenvalue weighted by molar-refractivity contribution is -0.161. The molecule has 4 heteroatoms. The molecule has 0 aromatic rings. The minimum absolute atomic E-state index is 0.274. The van der Waals surface area contributed by atoms with Gasteiger partial charge in [-0.05, 0) is 25.2 Å². The van der Waals surface area contributed by atoms with E-state index >= 15 is 0 Å². The third-order valence-electron chi connectivity index (χ3n) is 4.53. The number of hydrogen-bond acceptors (Lipinski definition) is 2. The first-order chi connectivity index (χ1) is 9.47. The molecule has 0 aromatic carbocycles. The highest BCUT2D eigenvalue weighted by Crippen LogP contribution is 2.44. The Hall–Kier alpha value is -1.32. The molecule has 0 fully saturated rings. The lowest BCUT2D eigenvalue weighted by Gasteiger charge is -2.37. The molecule has 0 spiro atoms. The fourth-order valence-electron chi connectivity index (χ4n) is 3.21. The van der Waals surface area contributed by atoms with Gasteiger partial charge in [0.15, 0.2) is 0 Å². The molecule has 0 radical (unpaired) electrons. The Morgan fingerprint density at radius 3 is 2.55 bits per heavy atom. The van der Waals surface area contributed by atoms with E-state index in [4.69, 9.17) is 0 Å². The van der Waals surface area contributed by atoms with Crippen LogP contribution >= 0.6 is 0 Å². The van der Waals surface area contributed by atoms with Crippen molar-refractivity contribution in [1.29, 1.82) is 0 Å². The van der Waals surface area contributed by atoms with Crippen molar-refractivity contribution < 1.29 is 19.8 Å². The summed E-state index contributed by atoms with van der Waals surface area (Å²) >= 11 is 0. The van der Waals surface area contributed by atoms with Crippen LogP contribution in [0.15, 0.2) is 12.2 Å². The van der Waals surface area contributed by atoms with Crippen molar-refractivity contribution in [3.05, 3.63) is 12.2 Å². The Labute approximate surface area is 120 Å². The number of allylic oxidation sites excluding steroid dienone is 1. The third-order valence-corrected chi connectivity index (χ3v) is 4.53. The molecule has 1 aliphatic carbocycles. The molecular formula is C16H26O4. The van der Waals surface area contributed by atoms with Crippen LogP contribution in [0, 0.1) is 17.3 Å². The van der Waals surface area contributed by atoms with E-state index in [2.05, 4.69) is 13.8 Å². The van der Waals surface area contributed by atoms with Crippen LogP contribution in [0.5, 0.6) is 0 Å². The van der Waals surface area contributed by atoms with E-state index in [-0.39, 0.29) is 5.92 Å². The zero-order valence-corrected chi connectivity index (χ0v) is 12.5. The highest BCUT2D eigenvalue weighted by atomic mass is 16.4. The van der Waals surface area contributed by atoms with Gasteiger partial charge >= 0.3 is 11.9 Å². The van der Waals surface area contributed by atoms with Gasteiger partial charge in [-0.25, -0.2) is 0 Å². The number of carbonyl (C=O) groups is 2. The second kappa shape index (κ2) is 7.46. The Morgan fingerprint density at radius 2 is 2.05 bits per heavy atom. The molecule has 4 nitrogen and oxygen atoms in total. The van der Waals surface area contributed by atoms with Gasteiger partial charge < -0.3 is 10.2 Å². The van der Waals surface area contributed by atoms with Crippen LogP contribution in [0.3, 0.4) is 0 Å². The molecular weight excluding hydrogens is 256 g/mol. The Balaban J connectivity index is 3.00. The molecule has 0 aromatic heterocycles. The zero-order valence-electron chi connectivity index (χ0n) is 12.5. The van der Waals surface area contributed by atoms with Gasteiger partial charge in [0.1, 0.15) is 0 Å². The Morgan fingerprint density at radius 1 is 1.35 bits per heavy atom. The standard InChI is InChI=1S/C16H26O4/c1-3-5-8-12(4-2)11-16(15(19)20)10-7-6-9-13(16)14(17)18/h7,10,12-13H,3-6,8-9,11H2,1-2H3,(H,17,18)(H,19,20). The fraction of sp³-hybridized carbons (Fsp3) is 0.750. The van der Waals surface area contributed by atoms with Gasteiger partial charge in [-0.3, -0.25) is 9.59 Å². The number of rotatable bonds is 8. The summed E-state index contributed by atoms with van der Waals surface area (Å²) in [5.74, 6) is -2.51. The van der Waals surface area contributed by atoms with Gasteiger partial charge in [0.25, 0.3) is 0 Å². The molecule has 0 aliphatic heterocycles. The van der Waals surface area contributed by atoms with E-state index in [0.29, 0.717) is 19.3 Å². The van der Waals surface area contributed by atoms with Gasteiger partial charge in [-0.2, -0.15) is 0 Å². The topological polar surface area (TPSA) is 74.6 Å². The van der Waals surface area contributed by atoms with E-state index in [1.54, 1.807) is 6.08 Å². The van der Waals surface area contributed by atoms with E-state index in [9.17, 15) is 19.8 Å². The molecule has 0 amide bonds. The Bertz CT molecular complexity index is 375. The average Bonchev–Trinajstić information content (AvgIpc) is 2.43. The summed E-state index contributed by atoms with van der Waals surface area (Å²) in [7, 11) is 0. The predicted octanol–water partition coefficient (Wildman–Crippen LogP) is 3.71. The number of hydrogen-bond donors (Lipinski definition) is 2. The molecule has 2 N–H and O–H groups in total. The molecule has 114 valence electrons. The van der Waals surface area contributed by atoms with E-state index in [0.717, 1.165) is 25.7 Å². The zero-order chi connectivity index (χ0) is 15.2. The van der Waals surface area contributed by atoms with Crippen LogP contribution in [0.2, 0.25) is 0 Å². The second-order valence-corrected chi connectivity index (χ2v) is 5.84. The molecule has 20 heavy (non-hydrogen) atoms. The minimum atomic E-state index is -1.22. The second-order valence-electron chi connectivity index (χ2n) is 5.84. The molecule has 3 atom stereocenters. The maximum absolute atomic E-state index is 11.8. The number of carboxylic acids is 2. The third kappa shape index (κ3) is 3.62. The molecule has 0 heterocycles. The van der Waals surface area contributed by atoms with E-state index in [1.807, 2.05) is 6.08 Å². The largest absolute Gasteiger partial charge is 0.481 e. The normalized spacial score (nSPS) is 27.2. The van der Waals surface area contributed by atoms with E-state index in [1.165, 1.54) is 0 Å². The van der Waals surface area contributed by atoms with E-state index < -0.39 is 23.3 Å². The van der Waals surface area contributed by atoms with Gasteiger partial charge in [-0.1, -0.05) is 51.7 Å². The SMILES string of the molecule is CCCCC(CC)CC1(C(=O)O)C=CCCC1C(=O)O. The smallest absolute Gasteiger partial charge is 0.314 e. The van der Waals surface area contributed by atoms with Crippen LogP contribution in [0.25, 0.3) is 0 Å². The van der Waals surface area contributed by atoms with Crippen molar-refractivity contribution in [2.24, 2.45) is 17.3 Å². The van der Waals surface area contributed by atoms with Crippen molar-refractivity contribution in [3.8, 4) is 0 Å². The summed E-state index contributed by atoms with van der Waals surface area (Å²) in [6.07, 6.45) is 9.00. The quantitative estimate of drug-likeness (QED) is 0.665. The predicted molar refractivity (Wildman–Crippen MR) is 77.5 cm³/mol. The maximum atomic E-state index is 11.8. The van der Waals surface area contributed by atoms with Crippen LogP contribution in [0.1, 0.15) is 58.8 Å². The van der Waals surface area contributed by atoms with Gasteiger partial charge in [0, 0.05) is 0 Å². The first-order valence-corrected chi connectivity index (χ1v) is 7.61. The molecule has 0 bridgehead atoms. The lowest BCUT2D eigenvalue weighted by atomic mass is 9.65. The number of unbranched alkanes of at least 4 members (excludes halogenated alkanes) is 1.